The van der Waals surface area contributed by atoms with E-state index in [-0.39, 0.29) is 23.9 Å². The van der Waals surface area contributed by atoms with E-state index < -0.39 is 0 Å². The molecule has 108 valence electrons. The molecule has 2 aromatic rings. The van der Waals surface area contributed by atoms with Crippen LogP contribution in [0.15, 0.2) is 54.6 Å². The van der Waals surface area contributed by atoms with Crippen LogP contribution in [0, 0.1) is 5.92 Å². The highest BCUT2D eigenvalue weighted by molar-refractivity contribution is 5.87. The number of rotatable bonds is 3. The van der Waals surface area contributed by atoms with Gasteiger partial charge in [0.25, 0.3) is 0 Å². The van der Waals surface area contributed by atoms with Crippen molar-refractivity contribution < 1.29 is 4.79 Å². The molecular formula is C18H20N2O. The van der Waals surface area contributed by atoms with Crippen molar-refractivity contribution in [2.75, 3.05) is 0 Å². The van der Waals surface area contributed by atoms with Crippen molar-refractivity contribution in [3.05, 3.63) is 60.2 Å². The summed E-state index contributed by atoms with van der Waals surface area (Å²) >= 11 is 0. The van der Waals surface area contributed by atoms with E-state index in [0.29, 0.717) is 6.42 Å². The number of benzene rings is 2. The Labute approximate surface area is 124 Å². The number of hydrogen-bond donors (Lipinski definition) is 2. The minimum atomic E-state index is -0.0996. The average molecular weight is 280 g/mol. The quantitative estimate of drug-likeness (QED) is 0.849. The average Bonchev–Trinajstić information content (AvgIpc) is 2.93. The molecule has 3 nitrogen and oxygen atoms in total. The summed E-state index contributed by atoms with van der Waals surface area (Å²) in [6, 6.07) is 14.4. The van der Waals surface area contributed by atoms with Gasteiger partial charge in [0, 0.05) is 6.04 Å². The zero-order valence-electron chi connectivity index (χ0n) is 12.1. The molecule has 3 atom stereocenters. The number of carbonyl (C=O) groups is 1. The zero-order valence-corrected chi connectivity index (χ0v) is 12.1. The van der Waals surface area contributed by atoms with Crippen LogP contribution in [0.5, 0.6) is 0 Å². The van der Waals surface area contributed by atoms with Crippen molar-refractivity contribution in [2.24, 2.45) is 11.7 Å². The van der Waals surface area contributed by atoms with Crippen molar-refractivity contribution in [1.82, 2.24) is 5.32 Å². The molecule has 1 amide bonds. The molecule has 3 N–H and O–H groups in total. The number of carbonyl (C=O) groups excluding carboxylic acids is 1. The highest BCUT2D eigenvalue weighted by Crippen LogP contribution is 2.25. The third kappa shape index (κ3) is 2.83. The van der Waals surface area contributed by atoms with Crippen LogP contribution in [-0.4, -0.2) is 11.9 Å². The Bertz CT molecular complexity index is 687. The van der Waals surface area contributed by atoms with E-state index in [9.17, 15) is 4.79 Å². The third-order valence-corrected chi connectivity index (χ3v) is 4.10. The fourth-order valence-electron chi connectivity index (χ4n) is 2.95. The van der Waals surface area contributed by atoms with Gasteiger partial charge < -0.3 is 11.1 Å². The maximum absolute atomic E-state index is 12.3. The highest BCUT2D eigenvalue weighted by Gasteiger charge is 2.24. The Balaban J connectivity index is 1.79. The summed E-state index contributed by atoms with van der Waals surface area (Å²) in [7, 11) is 0. The largest absolute Gasteiger partial charge is 0.349 e. The van der Waals surface area contributed by atoms with Crippen LogP contribution in [-0.2, 0) is 4.79 Å². The van der Waals surface area contributed by atoms with E-state index in [1.807, 2.05) is 37.3 Å². The predicted molar refractivity (Wildman–Crippen MR) is 85.7 cm³/mol. The Morgan fingerprint density at radius 1 is 1.19 bits per heavy atom. The van der Waals surface area contributed by atoms with Gasteiger partial charge in [0.2, 0.25) is 5.91 Å². The van der Waals surface area contributed by atoms with E-state index in [4.69, 9.17) is 5.73 Å². The van der Waals surface area contributed by atoms with Crippen LogP contribution in [0.2, 0.25) is 0 Å². The van der Waals surface area contributed by atoms with Gasteiger partial charge in [0.1, 0.15) is 0 Å². The van der Waals surface area contributed by atoms with Crippen molar-refractivity contribution in [2.45, 2.75) is 25.4 Å². The molecule has 0 radical (unpaired) electrons. The second kappa shape index (κ2) is 5.70. The van der Waals surface area contributed by atoms with E-state index in [2.05, 4.69) is 29.6 Å². The fraction of sp³-hybridized carbons (Fsp3) is 0.278. The van der Waals surface area contributed by atoms with Crippen molar-refractivity contribution in [3.63, 3.8) is 0 Å². The first-order chi connectivity index (χ1) is 10.1. The standard InChI is InChI=1S/C18H20N2O/c1-12(20-18(21)14-9-10-15(19)11-14)16-8-4-6-13-5-2-3-7-17(13)16/h2-10,12,14-15H,11,19H2,1H3,(H,20,21). The van der Waals surface area contributed by atoms with E-state index in [1.165, 1.54) is 10.8 Å². The summed E-state index contributed by atoms with van der Waals surface area (Å²) in [5.74, 6) is -0.0444. The Morgan fingerprint density at radius 3 is 2.71 bits per heavy atom. The van der Waals surface area contributed by atoms with Crippen LogP contribution >= 0.6 is 0 Å². The van der Waals surface area contributed by atoms with Gasteiger partial charge in [-0.25, -0.2) is 0 Å². The summed E-state index contributed by atoms with van der Waals surface area (Å²) in [6.45, 7) is 2.03. The van der Waals surface area contributed by atoms with Crippen LogP contribution in [0.25, 0.3) is 10.8 Å². The fourth-order valence-corrected chi connectivity index (χ4v) is 2.95. The molecule has 0 bridgehead atoms. The summed E-state index contributed by atoms with van der Waals surface area (Å²) in [5.41, 5.74) is 6.96. The molecule has 3 rings (SSSR count). The van der Waals surface area contributed by atoms with Gasteiger partial charge in [-0.15, -0.1) is 0 Å². The SMILES string of the molecule is CC(NC(=O)C1C=CC(N)C1)c1cccc2ccccc12. The van der Waals surface area contributed by atoms with Crippen molar-refractivity contribution in [3.8, 4) is 0 Å². The van der Waals surface area contributed by atoms with Gasteiger partial charge >= 0.3 is 0 Å². The lowest BCUT2D eigenvalue weighted by Crippen LogP contribution is -2.32. The number of hydrogen-bond acceptors (Lipinski definition) is 2. The zero-order chi connectivity index (χ0) is 14.8. The maximum atomic E-state index is 12.3. The summed E-state index contributed by atoms with van der Waals surface area (Å²) in [4.78, 5) is 12.3. The number of fused-ring (bicyclic) bond motifs is 1. The molecule has 1 aliphatic rings. The Hall–Kier alpha value is -2.13. The normalized spacial score (nSPS) is 22.4. The molecule has 0 aliphatic heterocycles. The van der Waals surface area contributed by atoms with Crippen LogP contribution in [0.3, 0.4) is 0 Å². The van der Waals surface area contributed by atoms with Gasteiger partial charge in [0.15, 0.2) is 0 Å². The lowest BCUT2D eigenvalue weighted by Gasteiger charge is -2.19. The van der Waals surface area contributed by atoms with E-state index >= 15 is 0 Å². The second-order valence-electron chi connectivity index (χ2n) is 5.69. The second-order valence-corrected chi connectivity index (χ2v) is 5.69. The van der Waals surface area contributed by atoms with Gasteiger partial charge in [-0.3, -0.25) is 4.79 Å². The molecule has 21 heavy (non-hydrogen) atoms. The van der Waals surface area contributed by atoms with Crippen molar-refractivity contribution in [1.29, 1.82) is 0 Å². The molecule has 0 heterocycles. The number of amides is 1. The first kappa shape index (κ1) is 13.8. The van der Waals surface area contributed by atoms with Crippen LogP contribution in [0.4, 0.5) is 0 Å². The number of nitrogens with two attached hydrogens (primary N) is 1. The molecule has 1 aliphatic carbocycles. The molecule has 3 unspecified atom stereocenters. The van der Waals surface area contributed by atoms with Crippen molar-refractivity contribution >= 4 is 16.7 Å². The molecule has 0 saturated heterocycles. The first-order valence-corrected chi connectivity index (χ1v) is 7.37. The molecular weight excluding hydrogens is 260 g/mol. The molecule has 0 spiro atoms. The third-order valence-electron chi connectivity index (χ3n) is 4.10. The van der Waals surface area contributed by atoms with Gasteiger partial charge in [-0.1, -0.05) is 54.6 Å². The van der Waals surface area contributed by atoms with E-state index in [0.717, 1.165) is 5.56 Å². The minimum absolute atomic E-state index is 0.00797. The molecule has 2 aromatic carbocycles. The van der Waals surface area contributed by atoms with Gasteiger partial charge in [-0.05, 0) is 29.7 Å². The van der Waals surface area contributed by atoms with Gasteiger partial charge in [0.05, 0.1) is 12.0 Å². The Kier molecular flexibility index (Phi) is 3.76. The smallest absolute Gasteiger partial charge is 0.227 e. The lowest BCUT2D eigenvalue weighted by molar-refractivity contribution is -0.124. The minimum Gasteiger partial charge on any atom is -0.349 e. The molecule has 0 aromatic heterocycles. The van der Waals surface area contributed by atoms with Crippen LogP contribution < -0.4 is 11.1 Å². The molecule has 3 heteroatoms. The number of nitrogens with one attached hydrogen (secondary N) is 1. The van der Waals surface area contributed by atoms with Crippen LogP contribution in [0.1, 0.15) is 24.9 Å². The first-order valence-electron chi connectivity index (χ1n) is 7.37. The molecule has 0 saturated carbocycles. The summed E-state index contributed by atoms with van der Waals surface area (Å²) in [6.07, 6.45) is 4.52. The van der Waals surface area contributed by atoms with E-state index in [1.54, 1.807) is 0 Å². The highest BCUT2D eigenvalue weighted by atomic mass is 16.1. The maximum Gasteiger partial charge on any atom is 0.227 e. The molecule has 0 fully saturated rings. The monoisotopic (exact) mass is 280 g/mol. The Morgan fingerprint density at radius 2 is 1.95 bits per heavy atom. The summed E-state index contributed by atoms with van der Waals surface area (Å²) in [5, 5.41) is 5.49. The lowest BCUT2D eigenvalue weighted by atomic mass is 9.99. The van der Waals surface area contributed by atoms with Gasteiger partial charge in [-0.2, -0.15) is 0 Å². The summed E-state index contributed by atoms with van der Waals surface area (Å²) < 4.78 is 0. The topological polar surface area (TPSA) is 55.1 Å². The predicted octanol–water partition coefficient (Wildman–Crippen LogP) is 2.92.